The maximum absolute atomic E-state index is 13.2. The standard InChI is InChI=1S/C22H30N8O2/c1-13-10-29(11-14(2)24-13)17-5-7-23-20-16(17)6-8-30(20)22(31)26-18-9-15-12-28(3)27-19(15)21(25-18)32-4/h5,7,9,13-15,24H,6,8,10-12H2,1-4H3,(H,26,31). The second kappa shape index (κ2) is 8.09. The van der Waals surface area contributed by atoms with Crippen molar-refractivity contribution in [3.05, 3.63) is 29.7 Å². The maximum Gasteiger partial charge on any atom is 0.328 e. The molecule has 170 valence electrons. The molecule has 0 aromatic carbocycles. The van der Waals surface area contributed by atoms with Crippen LogP contribution in [0.15, 0.2) is 34.3 Å². The number of amides is 2. The molecule has 5 heterocycles. The highest BCUT2D eigenvalue weighted by Crippen LogP contribution is 2.34. The largest absolute Gasteiger partial charge is 0.480 e. The number of pyridine rings is 1. The average molecular weight is 439 g/mol. The number of urea groups is 1. The van der Waals surface area contributed by atoms with Gasteiger partial charge in [0.15, 0.2) is 0 Å². The minimum Gasteiger partial charge on any atom is -0.480 e. The monoisotopic (exact) mass is 438 g/mol. The first-order valence-electron chi connectivity index (χ1n) is 11.1. The number of hydrogen-bond acceptors (Lipinski definition) is 8. The number of nitrogens with zero attached hydrogens (tertiary/aromatic N) is 6. The molecule has 3 unspecified atom stereocenters. The van der Waals surface area contributed by atoms with E-state index in [1.165, 1.54) is 5.69 Å². The van der Waals surface area contributed by atoms with Crippen LogP contribution in [0.3, 0.4) is 0 Å². The van der Waals surface area contributed by atoms with Crippen molar-refractivity contribution in [2.75, 3.05) is 50.1 Å². The summed E-state index contributed by atoms with van der Waals surface area (Å²) in [5.41, 5.74) is 3.11. The quantitative estimate of drug-likeness (QED) is 0.719. The van der Waals surface area contributed by atoms with Crippen LogP contribution in [-0.4, -0.2) is 80.1 Å². The third-order valence-electron chi connectivity index (χ3n) is 6.31. The van der Waals surface area contributed by atoms with Crippen molar-refractivity contribution >= 4 is 29.1 Å². The fourth-order valence-corrected chi connectivity index (χ4v) is 5.09. The number of carbonyl (C=O) groups is 1. The van der Waals surface area contributed by atoms with Gasteiger partial charge in [-0.05, 0) is 32.4 Å². The van der Waals surface area contributed by atoms with Crippen LogP contribution in [0, 0.1) is 5.92 Å². The number of piperazine rings is 1. The number of carbonyl (C=O) groups excluding carboxylic acids is 1. The molecule has 1 aromatic heterocycles. The first-order valence-corrected chi connectivity index (χ1v) is 11.1. The van der Waals surface area contributed by atoms with Crippen molar-refractivity contribution in [2.24, 2.45) is 16.0 Å². The summed E-state index contributed by atoms with van der Waals surface area (Å²) in [6.07, 6.45) is 4.52. The molecule has 1 saturated heterocycles. The first-order chi connectivity index (χ1) is 15.4. The Labute approximate surface area is 188 Å². The van der Waals surface area contributed by atoms with E-state index in [4.69, 9.17) is 4.74 Å². The Morgan fingerprint density at radius 2 is 2.03 bits per heavy atom. The van der Waals surface area contributed by atoms with E-state index in [2.05, 4.69) is 50.5 Å². The molecule has 0 radical (unpaired) electrons. The van der Waals surface area contributed by atoms with Crippen LogP contribution in [0.4, 0.5) is 16.3 Å². The molecule has 0 saturated carbocycles. The van der Waals surface area contributed by atoms with Gasteiger partial charge >= 0.3 is 6.03 Å². The van der Waals surface area contributed by atoms with Gasteiger partial charge in [-0.15, -0.1) is 0 Å². The van der Waals surface area contributed by atoms with E-state index >= 15 is 0 Å². The molecule has 2 amide bonds. The molecule has 4 aliphatic heterocycles. The lowest BCUT2D eigenvalue weighted by molar-refractivity contribution is 0.248. The summed E-state index contributed by atoms with van der Waals surface area (Å²) in [6, 6.07) is 2.67. The van der Waals surface area contributed by atoms with Gasteiger partial charge in [0.05, 0.1) is 7.11 Å². The first kappa shape index (κ1) is 20.7. The highest BCUT2D eigenvalue weighted by atomic mass is 16.5. The molecule has 2 N–H and O–H groups in total. The SMILES string of the molecule is COC1=NC(NC(=O)N2CCc3c(N4CC(C)NC(C)C4)ccnc32)=CC2CN(C)N=C12. The molecular formula is C22H30N8O2. The van der Waals surface area contributed by atoms with Crippen molar-refractivity contribution in [2.45, 2.75) is 32.4 Å². The van der Waals surface area contributed by atoms with E-state index in [1.54, 1.807) is 18.2 Å². The van der Waals surface area contributed by atoms with E-state index in [0.717, 1.165) is 43.1 Å². The summed E-state index contributed by atoms with van der Waals surface area (Å²) in [5.74, 6) is 1.71. The molecule has 1 aromatic rings. The number of nitrogens with one attached hydrogen (secondary N) is 2. The van der Waals surface area contributed by atoms with Gasteiger partial charge in [0.2, 0.25) is 5.90 Å². The van der Waals surface area contributed by atoms with Crippen LogP contribution in [0.2, 0.25) is 0 Å². The number of hydrogen-bond donors (Lipinski definition) is 2. The minimum absolute atomic E-state index is 0.0510. The molecule has 0 spiro atoms. The van der Waals surface area contributed by atoms with Crippen LogP contribution in [0.25, 0.3) is 0 Å². The summed E-state index contributed by atoms with van der Waals surface area (Å²) < 4.78 is 5.41. The number of anilines is 2. The number of rotatable bonds is 2. The molecule has 1 fully saturated rings. The Morgan fingerprint density at radius 1 is 1.25 bits per heavy atom. The zero-order valence-corrected chi connectivity index (χ0v) is 19.0. The molecule has 32 heavy (non-hydrogen) atoms. The number of aliphatic imine (C=N–C) groups is 1. The van der Waals surface area contributed by atoms with E-state index in [-0.39, 0.29) is 11.9 Å². The minimum atomic E-state index is -0.229. The third kappa shape index (κ3) is 3.68. The number of methoxy groups -OCH3 is 1. The van der Waals surface area contributed by atoms with Gasteiger partial charge in [0.1, 0.15) is 17.4 Å². The molecule has 10 nitrogen and oxygen atoms in total. The van der Waals surface area contributed by atoms with Crippen molar-refractivity contribution in [1.29, 1.82) is 0 Å². The lowest BCUT2D eigenvalue weighted by Crippen LogP contribution is -2.54. The Morgan fingerprint density at radius 3 is 2.78 bits per heavy atom. The van der Waals surface area contributed by atoms with Crippen LogP contribution in [0.1, 0.15) is 19.4 Å². The van der Waals surface area contributed by atoms with Gasteiger partial charge in [0.25, 0.3) is 0 Å². The van der Waals surface area contributed by atoms with Crippen molar-refractivity contribution in [3.63, 3.8) is 0 Å². The number of hydrazone groups is 1. The summed E-state index contributed by atoms with van der Waals surface area (Å²) in [7, 11) is 3.48. The predicted octanol–water partition coefficient (Wildman–Crippen LogP) is 1.16. The van der Waals surface area contributed by atoms with Gasteiger partial charge in [-0.1, -0.05) is 0 Å². The van der Waals surface area contributed by atoms with Gasteiger partial charge in [-0.2, -0.15) is 10.1 Å². The zero-order valence-electron chi connectivity index (χ0n) is 19.0. The fraction of sp³-hybridized carbons (Fsp3) is 0.545. The normalized spacial score (nSPS) is 26.8. The van der Waals surface area contributed by atoms with Crippen LogP contribution < -0.4 is 20.4 Å². The summed E-state index contributed by atoms with van der Waals surface area (Å²) in [6.45, 7) is 7.61. The lowest BCUT2D eigenvalue weighted by Gasteiger charge is -2.38. The average Bonchev–Trinajstić information content (AvgIpc) is 3.35. The molecule has 0 aliphatic carbocycles. The van der Waals surface area contributed by atoms with Gasteiger partial charge < -0.3 is 15.0 Å². The smallest absolute Gasteiger partial charge is 0.328 e. The molecule has 5 rings (SSSR count). The lowest BCUT2D eigenvalue weighted by atomic mass is 10.0. The van der Waals surface area contributed by atoms with Gasteiger partial charge in [-0.25, -0.2) is 9.78 Å². The van der Waals surface area contributed by atoms with Crippen molar-refractivity contribution in [1.82, 2.24) is 20.6 Å². The summed E-state index contributed by atoms with van der Waals surface area (Å²) in [5, 5.41) is 12.8. The molecular weight excluding hydrogens is 408 g/mol. The zero-order chi connectivity index (χ0) is 22.4. The van der Waals surface area contributed by atoms with E-state index in [9.17, 15) is 4.79 Å². The summed E-state index contributed by atoms with van der Waals surface area (Å²) >= 11 is 0. The Kier molecular flexibility index (Phi) is 5.24. The third-order valence-corrected chi connectivity index (χ3v) is 6.31. The van der Waals surface area contributed by atoms with Crippen LogP contribution in [0.5, 0.6) is 0 Å². The second-order valence-corrected chi connectivity index (χ2v) is 8.94. The highest BCUT2D eigenvalue weighted by molar-refractivity contribution is 6.41. The topological polar surface area (TPSA) is 97.7 Å². The van der Waals surface area contributed by atoms with E-state index in [0.29, 0.717) is 30.3 Å². The maximum atomic E-state index is 13.2. The van der Waals surface area contributed by atoms with E-state index < -0.39 is 0 Å². The Balaban J connectivity index is 1.35. The van der Waals surface area contributed by atoms with Crippen LogP contribution in [-0.2, 0) is 11.2 Å². The second-order valence-electron chi connectivity index (χ2n) is 8.94. The Bertz CT molecular complexity index is 1010. The summed E-state index contributed by atoms with van der Waals surface area (Å²) in [4.78, 5) is 26.3. The van der Waals surface area contributed by atoms with Gasteiger partial charge in [-0.3, -0.25) is 15.2 Å². The fourth-order valence-electron chi connectivity index (χ4n) is 5.09. The molecule has 4 aliphatic rings. The number of aromatic nitrogens is 1. The molecule has 3 atom stereocenters. The Hall–Kier alpha value is -3.14. The van der Waals surface area contributed by atoms with E-state index in [1.807, 2.05) is 18.1 Å². The molecule has 0 bridgehead atoms. The molecule has 10 heteroatoms. The van der Waals surface area contributed by atoms with Crippen molar-refractivity contribution < 1.29 is 9.53 Å². The number of ether oxygens (including phenoxy) is 1. The van der Waals surface area contributed by atoms with Gasteiger partial charge in [0, 0.05) is 68.7 Å². The van der Waals surface area contributed by atoms with Crippen LogP contribution >= 0.6 is 0 Å². The highest BCUT2D eigenvalue weighted by Gasteiger charge is 2.34. The van der Waals surface area contributed by atoms with Crippen molar-refractivity contribution in [3.8, 4) is 0 Å². The number of fused-ring (bicyclic) bond motifs is 2. The predicted molar refractivity (Wildman–Crippen MR) is 124 cm³/mol.